The summed E-state index contributed by atoms with van der Waals surface area (Å²) in [5.41, 5.74) is 0.987. The molecule has 1 fully saturated rings. The molecule has 5 heteroatoms. The first-order chi connectivity index (χ1) is 13.2. The Morgan fingerprint density at radius 2 is 1.81 bits per heavy atom. The summed E-state index contributed by atoms with van der Waals surface area (Å²) in [6, 6.07) is 17.9. The lowest BCUT2D eigenvalue weighted by Gasteiger charge is -2.29. The van der Waals surface area contributed by atoms with Gasteiger partial charge in [0, 0.05) is 31.7 Å². The lowest BCUT2D eigenvalue weighted by Crippen LogP contribution is -2.42. The molecule has 0 N–H and O–H groups in total. The number of carbonyl (C=O) groups is 1. The molecule has 0 saturated carbocycles. The van der Waals surface area contributed by atoms with Crippen LogP contribution in [-0.2, 0) is 4.79 Å². The van der Waals surface area contributed by atoms with Crippen LogP contribution in [0, 0.1) is 0 Å². The van der Waals surface area contributed by atoms with Gasteiger partial charge < -0.3 is 14.4 Å². The molecule has 27 heavy (non-hydrogen) atoms. The van der Waals surface area contributed by atoms with Crippen molar-refractivity contribution in [1.82, 2.24) is 4.90 Å². The van der Waals surface area contributed by atoms with Gasteiger partial charge in [-0.1, -0.05) is 37.3 Å². The maximum Gasteiger partial charge on any atom is 0.227 e. The Morgan fingerprint density at radius 3 is 2.52 bits per heavy atom. The van der Waals surface area contributed by atoms with E-state index in [0.717, 1.165) is 43.2 Å². The number of hydrogen-bond acceptors (Lipinski definition) is 4. The Morgan fingerprint density at radius 1 is 1.11 bits per heavy atom. The highest BCUT2D eigenvalue weighted by molar-refractivity contribution is 5.93. The zero-order valence-corrected chi connectivity index (χ0v) is 16.1. The second kappa shape index (κ2) is 9.42. The molecule has 144 valence electrons. The standard InChI is InChI=1S/C22H28N2O3/c1-3-22(25)24(18-9-5-4-6-10-18)19-13-14-23(17-19)15-16-27-21-12-8-7-11-20(21)26-2/h4-12,19H,3,13-17H2,1-2H3. The van der Waals surface area contributed by atoms with Crippen LogP contribution in [0.25, 0.3) is 0 Å². The van der Waals surface area contributed by atoms with E-state index in [0.29, 0.717) is 13.0 Å². The largest absolute Gasteiger partial charge is 0.493 e. The zero-order chi connectivity index (χ0) is 19.1. The van der Waals surface area contributed by atoms with Crippen LogP contribution in [0.3, 0.4) is 0 Å². The molecular formula is C22H28N2O3. The molecule has 1 unspecified atom stereocenters. The van der Waals surface area contributed by atoms with Crippen molar-refractivity contribution in [3.8, 4) is 11.5 Å². The Kier molecular flexibility index (Phi) is 6.71. The SMILES string of the molecule is CCC(=O)N(c1ccccc1)C1CCN(CCOc2ccccc2OC)C1. The van der Waals surface area contributed by atoms with Gasteiger partial charge >= 0.3 is 0 Å². The molecule has 1 heterocycles. The molecule has 2 aromatic carbocycles. The van der Waals surface area contributed by atoms with Crippen LogP contribution in [0.1, 0.15) is 19.8 Å². The number of ether oxygens (including phenoxy) is 2. The molecule has 0 spiro atoms. The van der Waals surface area contributed by atoms with E-state index in [-0.39, 0.29) is 11.9 Å². The highest BCUT2D eigenvalue weighted by Crippen LogP contribution is 2.26. The highest BCUT2D eigenvalue weighted by atomic mass is 16.5. The van der Waals surface area contributed by atoms with E-state index in [1.54, 1.807) is 7.11 Å². The summed E-state index contributed by atoms with van der Waals surface area (Å²) in [5.74, 6) is 1.70. The monoisotopic (exact) mass is 368 g/mol. The molecule has 0 bridgehead atoms. The number of benzene rings is 2. The molecule has 3 rings (SSSR count). The second-order valence-electron chi connectivity index (χ2n) is 6.70. The van der Waals surface area contributed by atoms with Crippen molar-refractivity contribution in [3.63, 3.8) is 0 Å². The Labute approximate surface area is 161 Å². The number of rotatable bonds is 8. The van der Waals surface area contributed by atoms with Gasteiger partial charge in [0.1, 0.15) is 6.61 Å². The smallest absolute Gasteiger partial charge is 0.227 e. The lowest BCUT2D eigenvalue weighted by atomic mass is 10.1. The van der Waals surface area contributed by atoms with Crippen molar-refractivity contribution in [1.29, 1.82) is 0 Å². The predicted molar refractivity (Wildman–Crippen MR) is 108 cm³/mol. The second-order valence-corrected chi connectivity index (χ2v) is 6.70. The molecule has 1 amide bonds. The molecule has 1 aliphatic heterocycles. The van der Waals surface area contributed by atoms with Crippen LogP contribution >= 0.6 is 0 Å². The van der Waals surface area contributed by atoms with Gasteiger partial charge in [-0.25, -0.2) is 0 Å². The maximum atomic E-state index is 12.5. The van der Waals surface area contributed by atoms with E-state index in [4.69, 9.17) is 9.47 Å². The molecule has 1 aliphatic rings. The predicted octanol–water partition coefficient (Wildman–Crippen LogP) is 3.59. The highest BCUT2D eigenvalue weighted by Gasteiger charge is 2.30. The molecule has 0 aromatic heterocycles. The normalized spacial score (nSPS) is 16.9. The minimum atomic E-state index is 0.179. The fourth-order valence-electron chi connectivity index (χ4n) is 3.57. The van der Waals surface area contributed by atoms with Crippen molar-refractivity contribution < 1.29 is 14.3 Å². The van der Waals surface area contributed by atoms with Crippen LogP contribution in [0.5, 0.6) is 11.5 Å². The average Bonchev–Trinajstić information content (AvgIpc) is 3.17. The molecule has 5 nitrogen and oxygen atoms in total. The van der Waals surface area contributed by atoms with Crippen molar-refractivity contribution in [2.45, 2.75) is 25.8 Å². The Bertz CT molecular complexity index is 735. The fourth-order valence-corrected chi connectivity index (χ4v) is 3.57. The van der Waals surface area contributed by atoms with Gasteiger partial charge in [0.2, 0.25) is 5.91 Å². The summed E-state index contributed by atoms with van der Waals surface area (Å²) in [6.07, 6.45) is 1.50. The number of carbonyl (C=O) groups excluding carboxylic acids is 1. The minimum absolute atomic E-state index is 0.179. The third-order valence-electron chi connectivity index (χ3n) is 4.95. The van der Waals surface area contributed by atoms with Crippen LogP contribution < -0.4 is 14.4 Å². The summed E-state index contributed by atoms with van der Waals surface area (Å²) in [5, 5.41) is 0. The molecule has 1 saturated heterocycles. The van der Waals surface area contributed by atoms with Crippen molar-refractivity contribution in [3.05, 3.63) is 54.6 Å². The number of likely N-dealkylation sites (tertiary alicyclic amines) is 1. The molecular weight excluding hydrogens is 340 g/mol. The topological polar surface area (TPSA) is 42.0 Å². The van der Waals surface area contributed by atoms with Gasteiger partial charge in [0.15, 0.2) is 11.5 Å². The van der Waals surface area contributed by atoms with Crippen molar-refractivity contribution in [2.75, 3.05) is 38.3 Å². The minimum Gasteiger partial charge on any atom is -0.493 e. The Balaban J connectivity index is 1.56. The van der Waals surface area contributed by atoms with Crippen molar-refractivity contribution in [2.24, 2.45) is 0 Å². The van der Waals surface area contributed by atoms with Crippen LogP contribution in [0.4, 0.5) is 5.69 Å². The van der Waals surface area contributed by atoms with Crippen LogP contribution in [-0.4, -0.2) is 50.2 Å². The molecule has 1 atom stereocenters. The molecule has 2 aromatic rings. The van der Waals surface area contributed by atoms with E-state index in [1.807, 2.05) is 66.4 Å². The van der Waals surface area contributed by atoms with Gasteiger partial charge in [0.25, 0.3) is 0 Å². The summed E-state index contributed by atoms with van der Waals surface area (Å²) < 4.78 is 11.2. The van der Waals surface area contributed by atoms with E-state index in [1.165, 1.54) is 0 Å². The van der Waals surface area contributed by atoms with E-state index in [9.17, 15) is 4.79 Å². The van der Waals surface area contributed by atoms with Gasteiger partial charge in [-0.2, -0.15) is 0 Å². The first kappa shape index (κ1) is 19.2. The van der Waals surface area contributed by atoms with Crippen LogP contribution in [0.15, 0.2) is 54.6 Å². The summed E-state index contributed by atoms with van der Waals surface area (Å²) >= 11 is 0. The van der Waals surface area contributed by atoms with Gasteiger partial charge in [-0.15, -0.1) is 0 Å². The number of methoxy groups -OCH3 is 1. The number of anilines is 1. The van der Waals surface area contributed by atoms with Crippen molar-refractivity contribution >= 4 is 11.6 Å². The quantitative estimate of drug-likeness (QED) is 0.714. The summed E-state index contributed by atoms with van der Waals surface area (Å²) in [6.45, 7) is 5.19. The van der Waals surface area contributed by atoms with Gasteiger partial charge in [-0.3, -0.25) is 9.69 Å². The van der Waals surface area contributed by atoms with Crippen LogP contribution in [0.2, 0.25) is 0 Å². The average molecular weight is 368 g/mol. The maximum absolute atomic E-state index is 12.5. The lowest BCUT2D eigenvalue weighted by molar-refractivity contribution is -0.118. The zero-order valence-electron chi connectivity index (χ0n) is 16.1. The summed E-state index contributed by atoms with van der Waals surface area (Å²) in [7, 11) is 1.65. The summed E-state index contributed by atoms with van der Waals surface area (Å²) in [4.78, 5) is 16.9. The van der Waals surface area contributed by atoms with Gasteiger partial charge in [0.05, 0.1) is 13.2 Å². The number of amides is 1. The molecule has 0 radical (unpaired) electrons. The van der Waals surface area contributed by atoms with E-state index in [2.05, 4.69) is 4.90 Å². The van der Waals surface area contributed by atoms with E-state index < -0.39 is 0 Å². The number of para-hydroxylation sites is 3. The van der Waals surface area contributed by atoms with Gasteiger partial charge in [-0.05, 0) is 30.7 Å². The van der Waals surface area contributed by atoms with E-state index >= 15 is 0 Å². The molecule has 0 aliphatic carbocycles. The first-order valence-electron chi connectivity index (χ1n) is 9.58. The first-order valence-corrected chi connectivity index (χ1v) is 9.58. The third kappa shape index (κ3) is 4.80. The number of nitrogens with zero attached hydrogens (tertiary/aromatic N) is 2. The third-order valence-corrected chi connectivity index (χ3v) is 4.95. The Hall–Kier alpha value is -2.53. The number of hydrogen-bond donors (Lipinski definition) is 0. The fraction of sp³-hybridized carbons (Fsp3) is 0.409.